The SMILES string of the molecule is CC[C@@H](C)[C@H](NC(=O)c1ccccc1)c1nc(-c2cccc([N+](=O)[O-])c2)no1. The fourth-order valence-corrected chi connectivity index (χ4v) is 2.73. The minimum atomic E-state index is -0.480. The highest BCUT2D eigenvalue weighted by atomic mass is 16.6. The van der Waals surface area contributed by atoms with E-state index in [9.17, 15) is 14.9 Å². The third-order valence-corrected chi connectivity index (χ3v) is 4.56. The maximum Gasteiger partial charge on any atom is 0.270 e. The number of nitrogens with one attached hydrogen (secondary N) is 1. The van der Waals surface area contributed by atoms with E-state index in [1.54, 1.807) is 36.4 Å². The first-order valence-corrected chi connectivity index (χ1v) is 8.94. The van der Waals surface area contributed by atoms with Gasteiger partial charge in [-0.25, -0.2) is 0 Å². The number of non-ortho nitro benzene ring substituents is 1. The van der Waals surface area contributed by atoms with Crippen molar-refractivity contribution in [3.8, 4) is 11.4 Å². The van der Waals surface area contributed by atoms with Crippen LogP contribution in [0.25, 0.3) is 11.4 Å². The number of rotatable bonds is 7. The third-order valence-electron chi connectivity index (χ3n) is 4.56. The van der Waals surface area contributed by atoms with Gasteiger partial charge in [-0.3, -0.25) is 14.9 Å². The van der Waals surface area contributed by atoms with Crippen molar-refractivity contribution in [2.75, 3.05) is 0 Å². The predicted octanol–water partition coefficient (Wildman–Crippen LogP) is 4.16. The Bertz CT molecular complexity index is 971. The molecule has 8 nitrogen and oxygen atoms in total. The van der Waals surface area contributed by atoms with Gasteiger partial charge in [-0.15, -0.1) is 0 Å². The monoisotopic (exact) mass is 380 g/mol. The van der Waals surface area contributed by atoms with E-state index in [1.165, 1.54) is 12.1 Å². The lowest BCUT2D eigenvalue weighted by Gasteiger charge is -2.20. The van der Waals surface area contributed by atoms with Crippen LogP contribution in [0.1, 0.15) is 42.6 Å². The summed E-state index contributed by atoms with van der Waals surface area (Å²) in [6.07, 6.45) is 0.786. The van der Waals surface area contributed by atoms with Crippen LogP contribution in [0, 0.1) is 16.0 Å². The van der Waals surface area contributed by atoms with E-state index >= 15 is 0 Å². The summed E-state index contributed by atoms with van der Waals surface area (Å²) in [5.74, 6) is 0.313. The van der Waals surface area contributed by atoms with Crippen LogP contribution in [-0.2, 0) is 0 Å². The molecular weight excluding hydrogens is 360 g/mol. The summed E-state index contributed by atoms with van der Waals surface area (Å²) in [4.78, 5) is 27.4. The lowest BCUT2D eigenvalue weighted by atomic mass is 9.98. The Morgan fingerprint density at radius 2 is 1.96 bits per heavy atom. The summed E-state index contributed by atoms with van der Waals surface area (Å²) in [5.41, 5.74) is 0.954. The molecule has 1 N–H and O–H groups in total. The molecule has 0 unspecified atom stereocenters. The highest BCUT2D eigenvalue weighted by Gasteiger charge is 2.27. The molecule has 1 heterocycles. The number of aromatic nitrogens is 2. The number of hydrogen-bond donors (Lipinski definition) is 1. The topological polar surface area (TPSA) is 111 Å². The van der Waals surface area contributed by atoms with Gasteiger partial charge in [0, 0.05) is 23.3 Å². The summed E-state index contributed by atoms with van der Waals surface area (Å²) in [6, 6.07) is 14.4. The maximum atomic E-state index is 12.6. The standard InChI is InChI=1S/C20H20N4O4/c1-3-13(2)17(21-19(25)14-8-5-4-6-9-14)20-22-18(23-28-20)15-10-7-11-16(12-15)24(26)27/h4-13,17H,3H2,1-2H3,(H,21,25)/t13-,17+/m1/s1. The second-order valence-electron chi connectivity index (χ2n) is 6.47. The van der Waals surface area contributed by atoms with Crippen LogP contribution in [0.2, 0.25) is 0 Å². The highest BCUT2D eigenvalue weighted by Crippen LogP contribution is 2.27. The van der Waals surface area contributed by atoms with Crippen molar-refractivity contribution in [2.24, 2.45) is 5.92 Å². The number of nitro groups is 1. The summed E-state index contributed by atoms with van der Waals surface area (Å²) in [7, 11) is 0. The Balaban J connectivity index is 1.87. The molecule has 2 atom stereocenters. The minimum Gasteiger partial charge on any atom is -0.340 e. The van der Waals surface area contributed by atoms with E-state index in [2.05, 4.69) is 15.5 Å². The van der Waals surface area contributed by atoms with Gasteiger partial charge < -0.3 is 9.84 Å². The number of carbonyl (C=O) groups is 1. The Kier molecular flexibility index (Phi) is 5.78. The van der Waals surface area contributed by atoms with Crippen LogP contribution in [0.15, 0.2) is 59.1 Å². The quantitative estimate of drug-likeness (QED) is 0.486. The second kappa shape index (κ2) is 8.43. The predicted molar refractivity (Wildman–Crippen MR) is 102 cm³/mol. The lowest BCUT2D eigenvalue weighted by molar-refractivity contribution is -0.384. The molecule has 144 valence electrons. The number of nitro benzene ring substituents is 1. The van der Waals surface area contributed by atoms with Crippen molar-refractivity contribution in [3.63, 3.8) is 0 Å². The Morgan fingerprint density at radius 1 is 1.21 bits per heavy atom. The molecule has 0 saturated heterocycles. The Labute approximate surface area is 161 Å². The first kappa shape index (κ1) is 19.2. The largest absolute Gasteiger partial charge is 0.340 e. The molecule has 0 aliphatic carbocycles. The van der Waals surface area contributed by atoms with Gasteiger partial charge in [0.25, 0.3) is 11.6 Å². The summed E-state index contributed by atoms with van der Waals surface area (Å²) < 4.78 is 5.40. The van der Waals surface area contributed by atoms with Gasteiger partial charge >= 0.3 is 0 Å². The summed E-state index contributed by atoms with van der Waals surface area (Å²) in [5, 5.41) is 17.9. The fourth-order valence-electron chi connectivity index (χ4n) is 2.73. The number of amides is 1. The number of nitrogens with zero attached hydrogens (tertiary/aromatic N) is 3. The second-order valence-corrected chi connectivity index (χ2v) is 6.47. The zero-order valence-electron chi connectivity index (χ0n) is 15.5. The molecule has 0 fully saturated rings. The van der Waals surface area contributed by atoms with Gasteiger partial charge in [0.1, 0.15) is 6.04 Å². The van der Waals surface area contributed by atoms with Crippen molar-refractivity contribution in [2.45, 2.75) is 26.3 Å². The first-order chi connectivity index (χ1) is 13.5. The zero-order valence-corrected chi connectivity index (χ0v) is 15.5. The molecule has 28 heavy (non-hydrogen) atoms. The molecule has 2 aromatic carbocycles. The van der Waals surface area contributed by atoms with Gasteiger partial charge in [-0.1, -0.05) is 55.8 Å². The molecule has 0 bridgehead atoms. The molecule has 3 rings (SSSR count). The van der Waals surface area contributed by atoms with E-state index in [4.69, 9.17) is 4.52 Å². The van der Waals surface area contributed by atoms with E-state index in [1.807, 2.05) is 19.9 Å². The van der Waals surface area contributed by atoms with Crippen molar-refractivity contribution >= 4 is 11.6 Å². The van der Waals surface area contributed by atoms with Gasteiger partial charge in [0.05, 0.1) is 4.92 Å². The van der Waals surface area contributed by atoms with Gasteiger partial charge in [0.2, 0.25) is 11.7 Å². The van der Waals surface area contributed by atoms with E-state index in [0.29, 0.717) is 11.1 Å². The smallest absolute Gasteiger partial charge is 0.270 e. The van der Waals surface area contributed by atoms with Crippen molar-refractivity contribution < 1.29 is 14.2 Å². The summed E-state index contributed by atoms with van der Waals surface area (Å²) in [6.45, 7) is 3.98. The maximum absolute atomic E-state index is 12.6. The zero-order chi connectivity index (χ0) is 20.1. The van der Waals surface area contributed by atoms with Crippen LogP contribution < -0.4 is 5.32 Å². The molecule has 3 aromatic rings. The Morgan fingerprint density at radius 3 is 2.64 bits per heavy atom. The normalized spacial score (nSPS) is 12.9. The molecule has 8 heteroatoms. The fraction of sp³-hybridized carbons (Fsp3) is 0.250. The molecule has 0 aliphatic heterocycles. The van der Waals surface area contributed by atoms with Crippen LogP contribution in [-0.4, -0.2) is 21.0 Å². The van der Waals surface area contributed by atoms with Crippen LogP contribution in [0.5, 0.6) is 0 Å². The molecule has 0 spiro atoms. The Hall–Kier alpha value is -3.55. The molecule has 0 radical (unpaired) electrons. The average Bonchev–Trinajstić information content (AvgIpc) is 3.22. The minimum absolute atomic E-state index is 0.0473. The molecule has 1 amide bonds. The molecular formula is C20H20N4O4. The molecule has 1 aromatic heterocycles. The van der Waals surface area contributed by atoms with Crippen LogP contribution in [0.4, 0.5) is 5.69 Å². The third kappa shape index (κ3) is 4.22. The molecule has 0 saturated carbocycles. The van der Waals surface area contributed by atoms with Crippen molar-refractivity contribution in [1.29, 1.82) is 0 Å². The van der Waals surface area contributed by atoms with E-state index in [-0.39, 0.29) is 29.2 Å². The van der Waals surface area contributed by atoms with E-state index in [0.717, 1.165) is 6.42 Å². The summed E-state index contributed by atoms with van der Waals surface area (Å²) >= 11 is 0. The van der Waals surface area contributed by atoms with Crippen LogP contribution in [0.3, 0.4) is 0 Å². The first-order valence-electron chi connectivity index (χ1n) is 8.94. The lowest BCUT2D eigenvalue weighted by Crippen LogP contribution is -2.32. The number of benzene rings is 2. The highest BCUT2D eigenvalue weighted by molar-refractivity contribution is 5.94. The van der Waals surface area contributed by atoms with Gasteiger partial charge in [-0.2, -0.15) is 4.98 Å². The van der Waals surface area contributed by atoms with Gasteiger partial charge in [-0.05, 0) is 18.1 Å². The van der Waals surface area contributed by atoms with Crippen LogP contribution >= 0.6 is 0 Å². The van der Waals surface area contributed by atoms with Crippen molar-refractivity contribution in [1.82, 2.24) is 15.5 Å². The number of carbonyl (C=O) groups excluding carboxylic acids is 1. The van der Waals surface area contributed by atoms with E-state index < -0.39 is 11.0 Å². The van der Waals surface area contributed by atoms with Gasteiger partial charge in [0.15, 0.2) is 0 Å². The number of hydrogen-bond acceptors (Lipinski definition) is 6. The molecule has 0 aliphatic rings. The average molecular weight is 380 g/mol. The van der Waals surface area contributed by atoms with Crippen molar-refractivity contribution in [3.05, 3.63) is 76.2 Å².